The van der Waals surface area contributed by atoms with Gasteiger partial charge in [0.25, 0.3) is 10.1 Å². The molecule has 0 saturated carbocycles. The summed E-state index contributed by atoms with van der Waals surface area (Å²) in [6.45, 7) is 1.83. The maximum atomic E-state index is 11.3. The van der Waals surface area contributed by atoms with Crippen LogP contribution in [-0.2, 0) is 10.1 Å². The number of nitrogens with zero attached hydrogens (tertiary/aromatic N) is 2. The minimum absolute atomic E-state index is 0.310. The zero-order valence-corrected chi connectivity index (χ0v) is 12.1. The fourth-order valence-corrected chi connectivity index (χ4v) is 2.62. The first kappa shape index (κ1) is 13.9. The maximum Gasteiger partial charge on any atom is 0.296 e. The van der Waals surface area contributed by atoms with Crippen molar-refractivity contribution >= 4 is 42.7 Å². The number of aromatic hydroxyl groups is 1. The smallest absolute Gasteiger partial charge is 0.296 e. The first-order valence-electron chi connectivity index (χ1n) is 5.10. The largest absolute Gasteiger partial charge is 0.505 e. The lowest BCUT2D eigenvalue weighted by molar-refractivity contribution is 0.472. The van der Waals surface area contributed by atoms with Gasteiger partial charge in [-0.2, -0.15) is 8.42 Å². The molecule has 2 aromatic carbocycles. The number of phenolic OH excluding ortho intramolecular Hbond substituents is 1. The fourth-order valence-electron chi connectivity index (χ4n) is 1.80. The Morgan fingerprint density at radius 1 is 1.26 bits per heavy atom. The van der Waals surface area contributed by atoms with Crippen molar-refractivity contribution in [3.8, 4) is 5.75 Å². The van der Waals surface area contributed by atoms with E-state index in [1.54, 1.807) is 18.2 Å². The van der Waals surface area contributed by atoms with Gasteiger partial charge in [0.2, 0.25) is 0 Å². The maximum absolute atomic E-state index is 11.3. The second kappa shape index (κ2) is 4.87. The van der Waals surface area contributed by atoms with Crippen LogP contribution in [0, 0.1) is 6.92 Å². The summed E-state index contributed by atoms with van der Waals surface area (Å²) in [5, 5.41) is 14.5. The molecule has 0 unspecified atom stereocenters. The lowest BCUT2D eigenvalue weighted by atomic mass is 10.1. The summed E-state index contributed by atoms with van der Waals surface area (Å²) in [6.07, 6.45) is 0. The highest BCUT2D eigenvalue weighted by Crippen LogP contribution is 2.41. The molecule has 0 heterocycles. The van der Waals surface area contributed by atoms with Crippen LogP contribution in [0.15, 0.2) is 38.4 Å². The van der Waals surface area contributed by atoms with E-state index in [0.717, 1.165) is 5.56 Å². The van der Waals surface area contributed by atoms with E-state index in [1.165, 1.54) is 6.07 Å². The van der Waals surface area contributed by atoms with Crippen LogP contribution in [0.4, 0.5) is 5.69 Å². The average molecular weight is 345 g/mol. The van der Waals surface area contributed by atoms with Gasteiger partial charge < -0.3 is 5.11 Å². The Morgan fingerprint density at radius 3 is 2.53 bits per heavy atom. The third-order valence-corrected chi connectivity index (χ3v) is 3.65. The summed E-state index contributed by atoms with van der Waals surface area (Å²) in [4.78, 5) is -0.494. The number of benzene rings is 2. The molecule has 0 fully saturated rings. The molecule has 0 aliphatic heterocycles. The van der Waals surface area contributed by atoms with Crippen molar-refractivity contribution in [3.63, 3.8) is 0 Å². The normalized spacial score (nSPS) is 12.4. The van der Waals surface area contributed by atoms with Crippen LogP contribution >= 0.6 is 16.1 Å². The fraction of sp³-hybridized carbons (Fsp3) is 0.0909. The third kappa shape index (κ3) is 2.60. The van der Waals surface area contributed by atoms with Crippen molar-refractivity contribution in [2.75, 3.05) is 0 Å². The van der Waals surface area contributed by atoms with Gasteiger partial charge in [-0.15, -0.1) is 9.25 Å². The van der Waals surface area contributed by atoms with Gasteiger partial charge in [-0.3, -0.25) is 4.55 Å². The predicted octanol–water partition coefficient (Wildman–Crippen LogP) is 3.49. The van der Waals surface area contributed by atoms with Crippen LogP contribution in [0.5, 0.6) is 5.75 Å². The number of rotatable bonds is 2. The number of fused-ring (bicyclic) bond motifs is 1. The predicted molar refractivity (Wildman–Crippen MR) is 73.6 cm³/mol. The highest BCUT2D eigenvalue weighted by atomic mass is 79.9. The monoisotopic (exact) mass is 344 g/mol. The molecular weight excluding hydrogens is 336 g/mol. The molecule has 0 aliphatic carbocycles. The zero-order chi connectivity index (χ0) is 14.2. The molecule has 0 aliphatic rings. The van der Waals surface area contributed by atoms with E-state index < -0.39 is 15.0 Å². The summed E-state index contributed by atoms with van der Waals surface area (Å²) >= 11 is 2.67. The molecule has 0 radical (unpaired) electrons. The topological polar surface area (TPSA) is 99.3 Å². The Hall–Kier alpha value is -1.51. The number of hydrogen-bond donors (Lipinski definition) is 2. The van der Waals surface area contributed by atoms with E-state index in [-0.39, 0.29) is 11.4 Å². The van der Waals surface area contributed by atoms with Gasteiger partial charge >= 0.3 is 0 Å². The van der Waals surface area contributed by atoms with Crippen molar-refractivity contribution in [2.24, 2.45) is 9.25 Å². The second-order valence-electron chi connectivity index (χ2n) is 3.95. The lowest BCUT2D eigenvalue weighted by Crippen LogP contribution is -1.99. The van der Waals surface area contributed by atoms with Crippen LogP contribution in [0.1, 0.15) is 5.56 Å². The van der Waals surface area contributed by atoms with E-state index in [1.807, 2.05) is 6.92 Å². The van der Waals surface area contributed by atoms with Crippen molar-refractivity contribution in [3.05, 3.63) is 29.8 Å². The Kier molecular flexibility index (Phi) is 3.57. The standard InChI is InChI=1S/C11H9BrN2O4S/c1-6-2-3-8-7(4-6)5-9(19(16,17)18)10(11(8)15)13-14-12/h2-5,15H,1H3,(H,16,17,18). The molecule has 0 aromatic heterocycles. The third-order valence-electron chi connectivity index (χ3n) is 2.62. The molecular formula is C11H9BrN2O4S. The molecule has 0 amide bonds. The second-order valence-corrected chi connectivity index (χ2v) is 5.65. The lowest BCUT2D eigenvalue weighted by Gasteiger charge is -2.08. The molecule has 0 bridgehead atoms. The minimum atomic E-state index is -4.52. The van der Waals surface area contributed by atoms with Gasteiger partial charge in [0.1, 0.15) is 26.7 Å². The van der Waals surface area contributed by atoms with E-state index in [9.17, 15) is 18.1 Å². The Bertz CT molecular complexity index is 787. The number of halogens is 1. The zero-order valence-electron chi connectivity index (χ0n) is 9.70. The van der Waals surface area contributed by atoms with Crippen LogP contribution in [0.25, 0.3) is 10.8 Å². The molecule has 8 heteroatoms. The van der Waals surface area contributed by atoms with Crippen LogP contribution in [-0.4, -0.2) is 18.1 Å². The van der Waals surface area contributed by atoms with Crippen molar-refractivity contribution in [1.82, 2.24) is 0 Å². The van der Waals surface area contributed by atoms with E-state index in [0.29, 0.717) is 10.8 Å². The Balaban J connectivity index is 2.98. The van der Waals surface area contributed by atoms with Gasteiger partial charge in [-0.25, -0.2) is 0 Å². The van der Waals surface area contributed by atoms with Crippen LogP contribution in [0.3, 0.4) is 0 Å². The summed E-state index contributed by atoms with van der Waals surface area (Å²) in [5.74, 6) is -0.353. The van der Waals surface area contributed by atoms with Gasteiger partial charge in [-0.05, 0) is 18.4 Å². The Labute approximate surface area is 117 Å². The first-order valence-corrected chi connectivity index (χ1v) is 7.25. The van der Waals surface area contributed by atoms with Crippen LogP contribution < -0.4 is 0 Å². The number of hydrogen-bond acceptors (Lipinski definition) is 5. The quantitative estimate of drug-likeness (QED) is 0.643. The molecule has 2 aromatic rings. The van der Waals surface area contributed by atoms with Gasteiger partial charge in [0.05, 0.1) is 0 Å². The molecule has 0 atom stereocenters. The van der Waals surface area contributed by atoms with Crippen molar-refractivity contribution < 1.29 is 18.1 Å². The molecule has 2 rings (SSSR count). The Morgan fingerprint density at radius 2 is 1.95 bits per heavy atom. The van der Waals surface area contributed by atoms with E-state index in [2.05, 4.69) is 25.4 Å². The number of aryl methyl sites for hydroxylation is 1. The molecule has 6 nitrogen and oxygen atoms in total. The molecule has 0 spiro atoms. The summed E-state index contributed by atoms with van der Waals surface area (Å²) in [6, 6.07) is 6.35. The van der Waals surface area contributed by atoms with Crippen molar-refractivity contribution in [1.29, 1.82) is 0 Å². The summed E-state index contributed by atoms with van der Waals surface area (Å²) in [5.41, 5.74) is 0.582. The highest BCUT2D eigenvalue weighted by molar-refractivity contribution is 9.08. The van der Waals surface area contributed by atoms with E-state index in [4.69, 9.17) is 0 Å². The molecule has 100 valence electrons. The molecule has 19 heavy (non-hydrogen) atoms. The highest BCUT2D eigenvalue weighted by Gasteiger charge is 2.21. The average Bonchev–Trinajstić information content (AvgIpc) is 2.31. The first-order chi connectivity index (χ1) is 8.84. The molecule has 2 N–H and O–H groups in total. The van der Waals surface area contributed by atoms with Gasteiger partial charge in [0, 0.05) is 5.39 Å². The van der Waals surface area contributed by atoms with Gasteiger partial charge in [0.15, 0.2) is 5.75 Å². The minimum Gasteiger partial charge on any atom is -0.505 e. The SMILES string of the molecule is Cc1ccc2c(O)c(N=NBr)c(S(=O)(=O)O)cc2c1. The molecule has 0 saturated heterocycles. The van der Waals surface area contributed by atoms with Crippen molar-refractivity contribution in [2.45, 2.75) is 11.8 Å². The number of phenols is 1. The summed E-state index contributed by atoms with van der Waals surface area (Å²) < 4.78 is 35.1. The van der Waals surface area contributed by atoms with Gasteiger partial charge in [-0.1, -0.05) is 23.8 Å². The summed E-state index contributed by atoms with van der Waals surface area (Å²) in [7, 11) is -4.52. The van der Waals surface area contributed by atoms with E-state index >= 15 is 0 Å². The van der Waals surface area contributed by atoms with Crippen LogP contribution in [0.2, 0.25) is 0 Å².